The Labute approximate surface area is 206 Å². The quantitative estimate of drug-likeness (QED) is 0.450. The van der Waals surface area contributed by atoms with Gasteiger partial charge in [0.2, 0.25) is 0 Å². The molecule has 4 rings (SSSR count). The van der Waals surface area contributed by atoms with Crippen LogP contribution in [0.4, 0.5) is 15.3 Å². The minimum absolute atomic E-state index is 0.0142. The molecule has 0 saturated carbocycles. The van der Waals surface area contributed by atoms with Crippen LogP contribution >= 0.6 is 23.2 Å². The van der Waals surface area contributed by atoms with Gasteiger partial charge in [0, 0.05) is 19.4 Å². The monoisotopic (exact) mass is 501 g/mol. The third kappa shape index (κ3) is 4.15. The molecule has 2 aliphatic heterocycles. The zero-order valence-corrected chi connectivity index (χ0v) is 20.2. The number of benzene rings is 1. The first kappa shape index (κ1) is 23.8. The molecule has 0 spiro atoms. The standard InChI is InChI=1S/C23H21Cl2N5O4/c1-22(2,3)34-21(33)28-9-8-23(12-14-4-6-15(13-26)7-5-14)19(31)29(20(32)30(23)28)16-10-17(24)27-18(25)11-16/h4-7,10-11H,8-9,12H2,1-3H3. The SMILES string of the molecule is CC(C)(C)OC(=O)N1CCC2(Cc3ccc(C#N)cc3)C(=O)N(c3cc(Cl)nc(Cl)c3)C(=O)N12. The first-order chi connectivity index (χ1) is 15.9. The number of carbonyl (C=O) groups is 3. The minimum Gasteiger partial charge on any atom is -0.442 e. The van der Waals surface area contributed by atoms with Crippen LogP contribution in [0.25, 0.3) is 0 Å². The van der Waals surface area contributed by atoms with E-state index < -0.39 is 29.2 Å². The van der Waals surface area contributed by atoms with Gasteiger partial charge in [-0.2, -0.15) is 5.26 Å². The minimum atomic E-state index is -1.37. The second kappa shape index (κ2) is 8.46. The lowest BCUT2D eigenvalue weighted by atomic mass is 9.88. The summed E-state index contributed by atoms with van der Waals surface area (Å²) in [5.74, 6) is -0.522. The van der Waals surface area contributed by atoms with Crippen molar-refractivity contribution in [2.75, 3.05) is 11.4 Å². The van der Waals surface area contributed by atoms with Crippen LogP contribution in [-0.4, -0.2) is 50.7 Å². The van der Waals surface area contributed by atoms with Gasteiger partial charge < -0.3 is 4.74 Å². The van der Waals surface area contributed by atoms with Crippen molar-refractivity contribution in [3.63, 3.8) is 0 Å². The molecule has 0 N–H and O–H groups in total. The van der Waals surface area contributed by atoms with E-state index in [9.17, 15) is 14.4 Å². The lowest BCUT2D eigenvalue weighted by Gasteiger charge is -2.33. The predicted molar refractivity (Wildman–Crippen MR) is 124 cm³/mol. The van der Waals surface area contributed by atoms with Crippen molar-refractivity contribution in [1.82, 2.24) is 15.0 Å². The Morgan fingerprint density at radius 1 is 1.18 bits per heavy atom. The Kier molecular flexibility index (Phi) is 5.92. The molecule has 9 nitrogen and oxygen atoms in total. The highest BCUT2D eigenvalue weighted by Crippen LogP contribution is 2.43. The Bertz CT molecular complexity index is 1200. The van der Waals surface area contributed by atoms with Gasteiger partial charge >= 0.3 is 12.1 Å². The molecule has 0 bridgehead atoms. The summed E-state index contributed by atoms with van der Waals surface area (Å²) in [5, 5.41) is 11.4. The second-order valence-corrected chi connectivity index (χ2v) is 9.85. The third-order valence-electron chi connectivity index (χ3n) is 5.55. The molecule has 0 aliphatic carbocycles. The number of amides is 4. The van der Waals surface area contributed by atoms with E-state index >= 15 is 0 Å². The summed E-state index contributed by atoms with van der Waals surface area (Å²) in [6.07, 6.45) is -0.408. The van der Waals surface area contributed by atoms with Gasteiger partial charge in [0.25, 0.3) is 5.91 Å². The van der Waals surface area contributed by atoms with Gasteiger partial charge in [-0.1, -0.05) is 35.3 Å². The number of urea groups is 1. The fraction of sp³-hybridized carbons (Fsp3) is 0.348. The summed E-state index contributed by atoms with van der Waals surface area (Å²) >= 11 is 12.0. The summed E-state index contributed by atoms with van der Waals surface area (Å²) in [6.45, 7) is 5.27. The molecule has 2 fully saturated rings. The molecule has 2 aliphatic rings. The molecule has 176 valence electrons. The molecule has 34 heavy (non-hydrogen) atoms. The fourth-order valence-corrected chi connectivity index (χ4v) is 4.62. The normalized spacial score (nSPS) is 19.9. The van der Waals surface area contributed by atoms with Crippen LogP contribution in [0.5, 0.6) is 0 Å². The molecule has 1 unspecified atom stereocenters. The molecular formula is C23H21Cl2N5O4. The predicted octanol–water partition coefficient (Wildman–Crippen LogP) is 4.57. The molecule has 3 heterocycles. The summed E-state index contributed by atoms with van der Waals surface area (Å²) in [6, 6.07) is 10.8. The van der Waals surface area contributed by atoms with E-state index in [0.29, 0.717) is 5.56 Å². The Morgan fingerprint density at radius 3 is 2.35 bits per heavy atom. The van der Waals surface area contributed by atoms with Crippen molar-refractivity contribution in [3.05, 3.63) is 57.8 Å². The molecule has 1 aromatic carbocycles. The topological polar surface area (TPSA) is 107 Å². The van der Waals surface area contributed by atoms with Gasteiger partial charge in [0.1, 0.15) is 15.9 Å². The molecule has 4 amide bonds. The molecule has 1 atom stereocenters. The van der Waals surface area contributed by atoms with E-state index in [1.54, 1.807) is 45.0 Å². The average molecular weight is 502 g/mol. The maximum atomic E-state index is 13.8. The van der Waals surface area contributed by atoms with E-state index in [2.05, 4.69) is 11.1 Å². The van der Waals surface area contributed by atoms with E-state index in [-0.39, 0.29) is 35.4 Å². The van der Waals surface area contributed by atoms with Crippen LogP contribution in [0.1, 0.15) is 38.3 Å². The number of pyridine rings is 1. The van der Waals surface area contributed by atoms with Gasteiger partial charge in [0.05, 0.1) is 17.3 Å². The zero-order valence-electron chi connectivity index (χ0n) is 18.7. The largest absolute Gasteiger partial charge is 0.442 e. The van der Waals surface area contributed by atoms with Crippen molar-refractivity contribution in [2.24, 2.45) is 0 Å². The molecule has 2 saturated heterocycles. The maximum Gasteiger partial charge on any atom is 0.429 e. The fourth-order valence-electron chi connectivity index (χ4n) is 4.17. The number of imide groups is 1. The van der Waals surface area contributed by atoms with E-state index in [1.165, 1.54) is 22.2 Å². The van der Waals surface area contributed by atoms with E-state index in [1.807, 2.05) is 0 Å². The van der Waals surface area contributed by atoms with Crippen molar-refractivity contribution >= 4 is 46.9 Å². The summed E-state index contributed by atoms with van der Waals surface area (Å²) in [4.78, 5) is 45.3. The highest BCUT2D eigenvalue weighted by atomic mass is 35.5. The van der Waals surface area contributed by atoms with Crippen LogP contribution in [0, 0.1) is 11.3 Å². The van der Waals surface area contributed by atoms with Gasteiger partial charge in [-0.3, -0.25) is 4.79 Å². The number of anilines is 1. The number of hydrazine groups is 1. The summed E-state index contributed by atoms with van der Waals surface area (Å²) < 4.78 is 5.49. The van der Waals surface area contributed by atoms with E-state index in [0.717, 1.165) is 10.5 Å². The van der Waals surface area contributed by atoms with Crippen molar-refractivity contribution in [2.45, 2.75) is 44.8 Å². The second-order valence-electron chi connectivity index (χ2n) is 9.08. The Balaban J connectivity index is 1.78. The maximum absolute atomic E-state index is 13.8. The number of hydrogen-bond acceptors (Lipinski definition) is 6. The van der Waals surface area contributed by atoms with Crippen molar-refractivity contribution in [3.8, 4) is 6.07 Å². The summed E-state index contributed by atoms with van der Waals surface area (Å²) in [7, 11) is 0. The number of halogens is 2. The van der Waals surface area contributed by atoms with Crippen LogP contribution in [0.15, 0.2) is 36.4 Å². The van der Waals surface area contributed by atoms with Gasteiger partial charge in [-0.15, -0.1) is 0 Å². The molecule has 11 heteroatoms. The van der Waals surface area contributed by atoms with Crippen LogP contribution in [0.2, 0.25) is 10.3 Å². The van der Waals surface area contributed by atoms with Gasteiger partial charge in [-0.25, -0.2) is 29.5 Å². The van der Waals surface area contributed by atoms with Gasteiger partial charge in [-0.05, 0) is 50.6 Å². The average Bonchev–Trinajstić information content (AvgIpc) is 3.21. The number of aromatic nitrogens is 1. The third-order valence-corrected chi connectivity index (χ3v) is 5.93. The lowest BCUT2D eigenvalue weighted by Crippen LogP contribution is -2.53. The van der Waals surface area contributed by atoms with Crippen molar-refractivity contribution in [1.29, 1.82) is 5.26 Å². The number of rotatable bonds is 3. The van der Waals surface area contributed by atoms with Gasteiger partial charge in [0.15, 0.2) is 5.54 Å². The van der Waals surface area contributed by atoms with Crippen molar-refractivity contribution < 1.29 is 19.1 Å². The van der Waals surface area contributed by atoms with Crippen LogP contribution < -0.4 is 4.90 Å². The van der Waals surface area contributed by atoms with Crippen LogP contribution in [0.3, 0.4) is 0 Å². The number of fused-ring (bicyclic) bond motifs is 1. The zero-order chi connectivity index (χ0) is 24.8. The number of ether oxygens (including phenoxy) is 1. The summed E-state index contributed by atoms with van der Waals surface area (Å²) in [5.41, 5.74) is -0.823. The molecular weight excluding hydrogens is 481 g/mol. The lowest BCUT2D eigenvalue weighted by molar-refractivity contribution is -0.126. The highest BCUT2D eigenvalue weighted by Gasteiger charge is 2.64. The van der Waals surface area contributed by atoms with Crippen LogP contribution in [-0.2, 0) is 16.0 Å². The smallest absolute Gasteiger partial charge is 0.429 e. The molecule has 0 radical (unpaired) electrons. The Hall–Kier alpha value is -3.35. The highest BCUT2D eigenvalue weighted by molar-refractivity contribution is 6.33. The van der Waals surface area contributed by atoms with E-state index in [4.69, 9.17) is 33.2 Å². The molecule has 1 aromatic heterocycles. The Morgan fingerprint density at radius 2 is 1.79 bits per heavy atom. The number of nitriles is 1. The molecule has 2 aromatic rings. The first-order valence-corrected chi connectivity index (χ1v) is 11.2. The first-order valence-electron chi connectivity index (χ1n) is 10.5. The number of nitrogens with zero attached hydrogens (tertiary/aromatic N) is 5. The number of carbonyl (C=O) groups excluding carboxylic acids is 3. The number of hydrogen-bond donors (Lipinski definition) is 0.